The van der Waals surface area contributed by atoms with Gasteiger partial charge < -0.3 is 30.9 Å². The van der Waals surface area contributed by atoms with Gasteiger partial charge in [0.25, 0.3) is 0 Å². The number of carbonyl (C=O) groups is 3. The van der Waals surface area contributed by atoms with Gasteiger partial charge in [-0.3, -0.25) is 4.79 Å². The predicted molar refractivity (Wildman–Crippen MR) is 104 cm³/mol. The van der Waals surface area contributed by atoms with Crippen LogP contribution in [-0.4, -0.2) is 56.8 Å². The molecule has 0 saturated carbocycles. The number of fused-ring (bicyclic) bond motifs is 1. The van der Waals surface area contributed by atoms with Crippen molar-refractivity contribution < 1.29 is 29.7 Å². The van der Waals surface area contributed by atoms with E-state index in [2.05, 4.69) is 15.6 Å². The molecule has 9 heteroatoms. The van der Waals surface area contributed by atoms with Crippen LogP contribution in [0.5, 0.6) is 0 Å². The minimum absolute atomic E-state index is 0.105. The van der Waals surface area contributed by atoms with Gasteiger partial charge in [-0.25, -0.2) is 9.59 Å². The van der Waals surface area contributed by atoms with Crippen LogP contribution in [0.1, 0.15) is 12.0 Å². The topological polar surface area (TPSA) is 152 Å². The zero-order valence-electron chi connectivity index (χ0n) is 15.4. The van der Waals surface area contributed by atoms with Crippen molar-refractivity contribution in [3.63, 3.8) is 0 Å². The molecule has 2 aromatic rings. The molecule has 6 N–H and O–H groups in total. The predicted octanol–water partition coefficient (Wildman–Crippen LogP) is 1.09. The highest BCUT2D eigenvalue weighted by Crippen LogP contribution is 2.20. The summed E-state index contributed by atoms with van der Waals surface area (Å²) in [5.41, 5.74) is 2.10. The van der Waals surface area contributed by atoms with Gasteiger partial charge in [-0.1, -0.05) is 24.3 Å². The lowest BCUT2D eigenvalue weighted by molar-refractivity contribution is -0.140. The highest BCUT2D eigenvalue weighted by atomic mass is 16.4. The number of carboxylic acids is 3. The number of hydrogen-bond acceptors (Lipinski definition) is 5. The van der Waals surface area contributed by atoms with Gasteiger partial charge in [-0.15, -0.1) is 0 Å². The standard InChI is InChI=1S/C20H21N3O6/c24-18(25)15(9-12-10-22-14-4-2-1-3-13(12)14)21-6-5-11-7-16(19(26)27)23-17(8-11)20(28)29/h1-5,7,10,15,17,21-23H,6,8-9H2,(H,24,25)(H,26,27)(H,28,29)/b11-5-/t15-,17+/m1/s1. The smallest absolute Gasteiger partial charge is 0.351 e. The van der Waals surface area contributed by atoms with E-state index in [9.17, 15) is 19.5 Å². The number of para-hydroxylation sites is 1. The maximum absolute atomic E-state index is 11.7. The van der Waals surface area contributed by atoms with Gasteiger partial charge in [-0.2, -0.15) is 0 Å². The average Bonchev–Trinajstić information content (AvgIpc) is 3.09. The van der Waals surface area contributed by atoms with Crippen molar-refractivity contribution in [2.24, 2.45) is 0 Å². The first-order chi connectivity index (χ1) is 13.8. The lowest BCUT2D eigenvalue weighted by Gasteiger charge is -2.22. The normalized spacial score (nSPS) is 18.8. The quantitative estimate of drug-likeness (QED) is 0.386. The molecule has 3 rings (SSSR count). The molecule has 1 aromatic carbocycles. The zero-order valence-corrected chi connectivity index (χ0v) is 15.4. The van der Waals surface area contributed by atoms with Crippen molar-refractivity contribution in [1.29, 1.82) is 0 Å². The highest BCUT2D eigenvalue weighted by Gasteiger charge is 2.26. The Balaban J connectivity index is 1.70. The number of aromatic nitrogens is 1. The molecule has 0 fully saturated rings. The second kappa shape index (κ2) is 8.61. The molecule has 1 aromatic heterocycles. The monoisotopic (exact) mass is 399 g/mol. The fourth-order valence-corrected chi connectivity index (χ4v) is 3.27. The Kier molecular flexibility index (Phi) is 5.99. The Morgan fingerprint density at radius 1 is 1.21 bits per heavy atom. The van der Waals surface area contributed by atoms with Crippen LogP contribution in [-0.2, 0) is 20.8 Å². The fraction of sp³-hybridized carbons (Fsp3) is 0.250. The summed E-state index contributed by atoms with van der Waals surface area (Å²) >= 11 is 0. The Bertz CT molecular complexity index is 1010. The van der Waals surface area contributed by atoms with E-state index in [0.717, 1.165) is 16.5 Å². The van der Waals surface area contributed by atoms with Crippen LogP contribution in [0, 0.1) is 0 Å². The van der Waals surface area contributed by atoms with Gasteiger partial charge in [0, 0.05) is 36.5 Å². The zero-order chi connectivity index (χ0) is 21.0. The lowest BCUT2D eigenvalue weighted by atomic mass is 9.99. The third-order valence-corrected chi connectivity index (χ3v) is 4.75. The number of hydrogen-bond donors (Lipinski definition) is 6. The summed E-state index contributed by atoms with van der Waals surface area (Å²) in [6, 6.07) is 5.71. The number of H-pyrrole nitrogens is 1. The van der Waals surface area contributed by atoms with Crippen molar-refractivity contribution in [1.82, 2.24) is 15.6 Å². The molecule has 152 valence electrons. The van der Waals surface area contributed by atoms with Crippen LogP contribution < -0.4 is 10.6 Å². The maximum Gasteiger partial charge on any atom is 0.351 e. The molecule has 0 aliphatic carbocycles. The number of rotatable bonds is 8. The number of benzene rings is 1. The highest BCUT2D eigenvalue weighted by molar-refractivity contribution is 5.89. The minimum atomic E-state index is -1.25. The molecular weight excluding hydrogens is 378 g/mol. The van der Waals surface area contributed by atoms with E-state index in [4.69, 9.17) is 10.2 Å². The first kappa shape index (κ1) is 20.2. The van der Waals surface area contributed by atoms with Crippen LogP contribution >= 0.6 is 0 Å². The lowest BCUT2D eigenvalue weighted by Crippen LogP contribution is -2.41. The fourth-order valence-electron chi connectivity index (χ4n) is 3.27. The van der Waals surface area contributed by atoms with Crippen molar-refractivity contribution in [2.45, 2.75) is 24.9 Å². The number of allylic oxidation sites excluding steroid dienone is 1. The minimum Gasteiger partial charge on any atom is -0.480 e. The van der Waals surface area contributed by atoms with E-state index in [1.165, 1.54) is 6.08 Å². The summed E-state index contributed by atoms with van der Waals surface area (Å²) in [5, 5.41) is 34.2. The largest absolute Gasteiger partial charge is 0.480 e. The molecule has 29 heavy (non-hydrogen) atoms. The van der Waals surface area contributed by atoms with Crippen LogP contribution in [0.4, 0.5) is 0 Å². The molecule has 0 amide bonds. The summed E-state index contributed by atoms with van der Waals surface area (Å²) in [7, 11) is 0. The molecule has 1 aliphatic heterocycles. The maximum atomic E-state index is 11.7. The van der Waals surface area contributed by atoms with Gasteiger partial charge in [0.15, 0.2) is 0 Å². The SMILES string of the molecule is O=C(O)C1=C/C(=C/CN[C@H](Cc2c[nH]c3ccccc23)C(=O)O)C[C@@H](C(=O)O)N1. The summed E-state index contributed by atoms with van der Waals surface area (Å²) < 4.78 is 0. The third-order valence-electron chi connectivity index (χ3n) is 4.75. The molecule has 0 bridgehead atoms. The number of carboxylic acid groups (broad SMARTS) is 3. The van der Waals surface area contributed by atoms with Gasteiger partial charge >= 0.3 is 17.9 Å². The van der Waals surface area contributed by atoms with Gasteiger partial charge in [-0.05, 0) is 23.3 Å². The van der Waals surface area contributed by atoms with Crippen molar-refractivity contribution in [3.05, 3.63) is 59.4 Å². The van der Waals surface area contributed by atoms with E-state index in [0.29, 0.717) is 5.57 Å². The summed E-state index contributed by atoms with van der Waals surface area (Å²) in [5.74, 6) is -3.42. The van der Waals surface area contributed by atoms with Gasteiger partial charge in [0.05, 0.1) is 0 Å². The van der Waals surface area contributed by atoms with Crippen LogP contribution in [0.25, 0.3) is 10.9 Å². The molecule has 2 atom stereocenters. The van der Waals surface area contributed by atoms with Crippen LogP contribution in [0.15, 0.2) is 53.9 Å². The van der Waals surface area contributed by atoms with Gasteiger partial charge in [0.1, 0.15) is 17.8 Å². The molecule has 0 radical (unpaired) electrons. The van der Waals surface area contributed by atoms with E-state index in [1.807, 2.05) is 24.3 Å². The number of aliphatic carboxylic acids is 3. The molecule has 1 aliphatic rings. The Labute approximate surface area is 165 Å². The third kappa shape index (κ3) is 4.82. The van der Waals surface area contributed by atoms with Crippen LogP contribution in [0.3, 0.4) is 0 Å². The average molecular weight is 399 g/mol. The van der Waals surface area contributed by atoms with E-state index < -0.39 is 30.0 Å². The Morgan fingerprint density at radius 2 is 1.97 bits per heavy atom. The summed E-state index contributed by atoms with van der Waals surface area (Å²) in [6.07, 6.45) is 5.13. The van der Waals surface area contributed by atoms with E-state index >= 15 is 0 Å². The molecule has 9 nitrogen and oxygen atoms in total. The van der Waals surface area contributed by atoms with E-state index in [1.54, 1.807) is 12.3 Å². The molecule has 0 saturated heterocycles. The number of nitrogens with one attached hydrogen (secondary N) is 3. The Hall–Kier alpha value is -3.59. The van der Waals surface area contributed by atoms with Crippen molar-refractivity contribution in [3.8, 4) is 0 Å². The molecule has 0 spiro atoms. The molecular formula is C20H21N3O6. The second-order valence-corrected chi connectivity index (χ2v) is 6.74. The van der Waals surface area contributed by atoms with Crippen molar-refractivity contribution in [2.75, 3.05) is 6.54 Å². The molecule has 0 unspecified atom stereocenters. The van der Waals surface area contributed by atoms with Crippen LogP contribution in [0.2, 0.25) is 0 Å². The first-order valence-corrected chi connectivity index (χ1v) is 8.99. The number of aromatic amines is 1. The summed E-state index contributed by atoms with van der Waals surface area (Å²) in [4.78, 5) is 37.2. The summed E-state index contributed by atoms with van der Waals surface area (Å²) in [6.45, 7) is 0.157. The first-order valence-electron chi connectivity index (χ1n) is 8.99. The van der Waals surface area contributed by atoms with Crippen molar-refractivity contribution >= 4 is 28.8 Å². The Morgan fingerprint density at radius 3 is 2.66 bits per heavy atom. The van der Waals surface area contributed by atoms with Gasteiger partial charge in [0.2, 0.25) is 0 Å². The van der Waals surface area contributed by atoms with E-state index in [-0.39, 0.29) is 25.1 Å². The second-order valence-electron chi connectivity index (χ2n) is 6.74. The molecule has 2 heterocycles.